The van der Waals surface area contributed by atoms with Crippen LogP contribution in [0.4, 0.5) is 10.5 Å². The molecule has 0 atom stereocenters. The highest BCUT2D eigenvalue weighted by Crippen LogP contribution is 2.37. The molecule has 0 radical (unpaired) electrons. The lowest BCUT2D eigenvalue weighted by Crippen LogP contribution is -2.24. The Morgan fingerprint density at radius 2 is 1.88 bits per heavy atom. The second-order valence-corrected chi connectivity index (χ2v) is 7.59. The fourth-order valence-electron chi connectivity index (χ4n) is 3.05. The van der Waals surface area contributed by atoms with Crippen molar-refractivity contribution in [3.63, 3.8) is 0 Å². The number of hydrazone groups is 1. The van der Waals surface area contributed by atoms with E-state index in [1.165, 1.54) is 6.21 Å². The number of hydrogen-bond donors (Lipinski definition) is 2. The molecule has 0 fully saturated rings. The van der Waals surface area contributed by atoms with Crippen LogP contribution in [0.2, 0.25) is 5.02 Å². The first kappa shape index (κ1) is 23.2. The number of rotatable bonds is 8. The summed E-state index contributed by atoms with van der Waals surface area (Å²) in [5, 5.41) is 7.15. The van der Waals surface area contributed by atoms with E-state index in [-0.39, 0.29) is 0 Å². The SMILES string of the molecule is CCOc1cc(C=NNC(=O)Nc2ccccc2C)cc(Cl)c1OCc1cccc(C)c1. The quantitative estimate of drug-likeness (QED) is 0.321. The molecule has 2 N–H and O–H groups in total. The van der Waals surface area contributed by atoms with Crippen molar-refractivity contribution in [2.45, 2.75) is 27.4 Å². The van der Waals surface area contributed by atoms with Crippen LogP contribution in [-0.2, 0) is 6.61 Å². The zero-order valence-electron chi connectivity index (χ0n) is 18.3. The van der Waals surface area contributed by atoms with Gasteiger partial charge in [-0.3, -0.25) is 0 Å². The third-order valence-electron chi connectivity index (χ3n) is 4.57. The first-order valence-corrected chi connectivity index (χ1v) is 10.6. The Kier molecular flexibility index (Phi) is 8.11. The number of carbonyl (C=O) groups excluding carboxylic acids is 1. The molecular formula is C25H26ClN3O3. The highest BCUT2D eigenvalue weighted by atomic mass is 35.5. The van der Waals surface area contributed by atoms with Gasteiger partial charge in [0.05, 0.1) is 17.8 Å². The molecule has 6 nitrogen and oxygen atoms in total. The summed E-state index contributed by atoms with van der Waals surface area (Å²) in [6.45, 7) is 6.66. The van der Waals surface area contributed by atoms with Crippen molar-refractivity contribution in [1.29, 1.82) is 0 Å². The summed E-state index contributed by atoms with van der Waals surface area (Å²) in [6, 6.07) is 18.6. The molecule has 0 bridgehead atoms. The van der Waals surface area contributed by atoms with Crippen molar-refractivity contribution in [2.75, 3.05) is 11.9 Å². The fraction of sp³-hybridized carbons (Fsp3) is 0.200. The van der Waals surface area contributed by atoms with E-state index in [9.17, 15) is 4.79 Å². The Balaban J connectivity index is 1.67. The molecule has 0 spiro atoms. The zero-order valence-corrected chi connectivity index (χ0v) is 19.1. The molecule has 0 aliphatic heterocycles. The van der Waals surface area contributed by atoms with E-state index in [1.54, 1.807) is 12.1 Å². The number of carbonyl (C=O) groups is 1. The van der Waals surface area contributed by atoms with Crippen LogP contribution in [0.25, 0.3) is 0 Å². The summed E-state index contributed by atoms with van der Waals surface area (Å²) in [6.07, 6.45) is 1.50. The van der Waals surface area contributed by atoms with Gasteiger partial charge in [0, 0.05) is 5.69 Å². The maximum atomic E-state index is 12.1. The van der Waals surface area contributed by atoms with Crippen molar-refractivity contribution >= 4 is 29.5 Å². The zero-order chi connectivity index (χ0) is 22.9. The Labute approximate surface area is 193 Å². The number of aryl methyl sites for hydroxylation is 2. The highest BCUT2D eigenvalue weighted by molar-refractivity contribution is 6.32. The van der Waals surface area contributed by atoms with Gasteiger partial charge in [0.15, 0.2) is 11.5 Å². The van der Waals surface area contributed by atoms with Gasteiger partial charge in [-0.2, -0.15) is 5.10 Å². The molecule has 166 valence electrons. The van der Waals surface area contributed by atoms with E-state index in [2.05, 4.69) is 21.9 Å². The maximum absolute atomic E-state index is 12.1. The van der Waals surface area contributed by atoms with Gasteiger partial charge >= 0.3 is 6.03 Å². The lowest BCUT2D eigenvalue weighted by Gasteiger charge is -2.14. The van der Waals surface area contributed by atoms with Crippen LogP contribution in [0.1, 0.15) is 29.2 Å². The van der Waals surface area contributed by atoms with Crippen LogP contribution < -0.4 is 20.2 Å². The molecule has 3 aromatic carbocycles. The number of nitrogens with zero attached hydrogens (tertiary/aromatic N) is 1. The molecule has 2 amide bonds. The molecule has 0 unspecified atom stereocenters. The molecular weight excluding hydrogens is 426 g/mol. The Hall–Kier alpha value is -3.51. The van der Waals surface area contributed by atoms with Gasteiger partial charge in [0.25, 0.3) is 0 Å². The van der Waals surface area contributed by atoms with Crippen LogP contribution in [0.5, 0.6) is 11.5 Å². The summed E-state index contributed by atoms with van der Waals surface area (Å²) in [5.74, 6) is 0.982. The number of hydrogen-bond acceptors (Lipinski definition) is 4. The lowest BCUT2D eigenvalue weighted by atomic mass is 10.1. The normalized spacial score (nSPS) is 10.8. The van der Waals surface area contributed by atoms with Crippen LogP contribution in [0.3, 0.4) is 0 Å². The van der Waals surface area contributed by atoms with Gasteiger partial charge in [0.1, 0.15) is 6.61 Å². The molecule has 0 aliphatic carbocycles. The minimum Gasteiger partial charge on any atom is -0.490 e. The summed E-state index contributed by atoms with van der Waals surface area (Å²) in [7, 11) is 0. The van der Waals surface area contributed by atoms with Crippen molar-refractivity contribution in [2.24, 2.45) is 5.10 Å². The van der Waals surface area contributed by atoms with Crippen LogP contribution in [0.15, 0.2) is 65.8 Å². The number of benzene rings is 3. The highest BCUT2D eigenvalue weighted by Gasteiger charge is 2.13. The summed E-state index contributed by atoms with van der Waals surface area (Å²) >= 11 is 6.47. The Morgan fingerprint density at radius 1 is 1.06 bits per heavy atom. The average Bonchev–Trinajstić information content (AvgIpc) is 2.75. The van der Waals surface area contributed by atoms with E-state index < -0.39 is 6.03 Å². The van der Waals surface area contributed by atoms with E-state index in [4.69, 9.17) is 21.1 Å². The predicted octanol–water partition coefficient (Wildman–Crippen LogP) is 6.09. The number of anilines is 1. The van der Waals surface area contributed by atoms with Gasteiger partial charge in [-0.05, 0) is 55.7 Å². The van der Waals surface area contributed by atoms with Crippen molar-refractivity contribution < 1.29 is 14.3 Å². The van der Waals surface area contributed by atoms with Crippen molar-refractivity contribution in [3.8, 4) is 11.5 Å². The van der Waals surface area contributed by atoms with Crippen LogP contribution in [0, 0.1) is 13.8 Å². The number of urea groups is 1. The Morgan fingerprint density at radius 3 is 2.62 bits per heavy atom. The van der Waals surface area contributed by atoms with Crippen LogP contribution >= 0.6 is 11.6 Å². The smallest absolute Gasteiger partial charge is 0.339 e. The molecule has 0 saturated carbocycles. The second-order valence-electron chi connectivity index (χ2n) is 7.18. The average molecular weight is 452 g/mol. The van der Waals surface area contributed by atoms with Gasteiger partial charge in [-0.15, -0.1) is 0 Å². The lowest BCUT2D eigenvalue weighted by molar-refractivity contribution is 0.252. The first-order chi connectivity index (χ1) is 15.5. The molecule has 0 aliphatic rings. The number of halogens is 1. The molecule has 7 heteroatoms. The van der Waals surface area contributed by atoms with E-state index in [1.807, 2.05) is 63.2 Å². The maximum Gasteiger partial charge on any atom is 0.339 e. The van der Waals surface area contributed by atoms with Gasteiger partial charge in [-0.25, -0.2) is 10.2 Å². The third kappa shape index (κ3) is 6.49. The molecule has 0 heterocycles. The monoisotopic (exact) mass is 451 g/mol. The van der Waals surface area contributed by atoms with Gasteiger partial charge < -0.3 is 14.8 Å². The molecule has 0 saturated heterocycles. The van der Waals surface area contributed by atoms with Gasteiger partial charge in [0.2, 0.25) is 0 Å². The largest absolute Gasteiger partial charge is 0.490 e. The van der Waals surface area contributed by atoms with E-state index >= 15 is 0 Å². The minimum atomic E-state index is -0.440. The molecule has 3 aromatic rings. The standard InChI is InChI=1S/C25H26ClN3O3/c1-4-31-23-14-20(15-27-29-25(30)28-22-11-6-5-9-18(22)3)13-21(26)24(23)32-16-19-10-7-8-17(2)12-19/h5-15H,4,16H2,1-3H3,(H2,28,29,30). The third-order valence-corrected chi connectivity index (χ3v) is 4.85. The minimum absolute atomic E-state index is 0.371. The number of nitrogens with one attached hydrogen (secondary N) is 2. The number of para-hydroxylation sites is 1. The predicted molar refractivity (Wildman–Crippen MR) is 129 cm³/mol. The summed E-state index contributed by atoms with van der Waals surface area (Å²) < 4.78 is 11.7. The molecule has 0 aromatic heterocycles. The van der Waals surface area contributed by atoms with Crippen molar-refractivity contribution in [1.82, 2.24) is 5.43 Å². The number of amides is 2. The summed E-state index contributed by atoms with van der Waals surface area (Å²) in [4.78, 5) is 12.1. The summed E-state index contributed by atoms with van der Waals surface area (Å²) in [5.41, 5.74) is 6.99. The number of ether oxygens (including phenoxy) is 2. The fourth-order valence-corrected chi connectivity index (χ4v) is 3.33. The molecule has 32 heavy (non-hydrogen) atoms. The van der Waals surface area contributed by atoms with Crippen LogP contribution in [-0.4, -0.2) is 18.9 Å². The van der Waals surface area contributed by atoms with Gasteiger partial charge in [-0.1, -0.05) is 59.6 Å². The van der Waals surface area contributed by atoms with Crippen molar-refractivity contribution in [3.05, 3.63) is 87.9 Å². The first-order valence-electron chi connectivity index (χ1n) is 10.3. The second kappa shape index (κ2) is 11.2. The Bertz CT molecular complexity index is 1120. The van der Waals surface area contributed by atoms with E-state index in [0.29, 0.717) is 35.3 Å². The molecule has 3 rings (SSSR count). The topological polar surface area (TPSA) is 72.0 Å². The van der Waals surface area contributed by atoms with E-state index in [0.717, 1.165) is 22.4 Å².